The molecule has 1 fully saturated rings. The van der Waals surface area contributed by atoms with Gasteiger partial charge in [-0.05, 0) is 43.1 Å². The van der Waals surface area contributed by atoms with Crippen molar-refractivity contribution in [2.75, 3.05) is 16.8 Å². The van der Waals surface area contributed by atoms with E-state index in [0.717, 1.165) is 30.2 Å². The number of amides is 2. The quantitative estimate of drug-likeness (QED) is 0.943. The molecule has 2 heterocycles. The average molecular weight is 302 g/mol. The van der Waals surface area contributed by atoms with Crippen LogP contribution in [0.4, 0.5) is 11.4 Å². The zero-order chi connectivity index (χ0) is 14.8. The number of nitrogens with zero attached hydrogens (tertiary/aromatic N) is 3. The van der Waals surface area contributed by atoms with Gasteiger partial charge >= 0.3 is 0 Å². The normalized spacial score (nSPS) is 14.5. The van der Waals surface area contributed by atoms with Crippen molar-refractivity contribution in [1.29, 1.82) is 0 Å². The van der Waals surface area contributed by atoms with Crippen molar-refractivity contribution >= 4 is 34.7 Å². The van der Waals surface area contributed by atoms with E-state index >= 15 is 0 Å². The fraction of sp³-hybridized carbons (Fsp3) is 0.286. The Morgan fingerprint density at radius 3 is 2.95 bits per heavy atom. The topological polar surface area (TPSA) is 75.2 Å². The Bertz CT molecular complexity index is 698. The lowest BCUT2D eigenvalue weighted by atomic mass is 10.2. The van der Waals surface area contributed by atoms with Gasteiger partial charge in [0.1, 0.15) is 4.88 Å². The Morgan fingerprint density at radius 2 is 2.29 bits per heavy atom. The van der Waals surface area contributed by atoms with E-state index in [1.54, 1.807) is 17.9 Å². The van der Waals surface area contributed by atoms with Crippen LogP contribution in [-0.4, -0.2) is 27.9 Å². The standard InChI is InChI=1S/C14H14N4O2S/c1-9-13(21-17-16-9)14(20)15-10-4-2-5-11(8-10)18-7-3-6-12(18)19/h2,4-5,8H,3,6-7H2,1H3,(H,15,20). The maximum atomic E-state index is 12.1. The molecule has 1 aliphatic heterocycles. The Morgan fingerprint density at radius 1 is 1.43 bits per heavy atom. The second kappa shape index (κ2) is 5.61. The van der Waals surface area contributed by atoms with Crippen LogP contribution >= 0.6 is 11.5 Å². The van der Waals surface area contributed by atoms with Gasteiger partial charge in [0.25, 0.3) is 5.91 Å². The molecule has 3 rings (SSSR count). The highest BCUT2D eigenvalue weighted by Gasteiger charge is 2.22. The predicted molar refractivity (Wildman–Crippen MR) is 80.6 cm³/mol. The minimum Gasteiger partial charge on any atom is -0.321 e. The van der Waals surface area contributed by atoms with E-state index in [1.165, 1.54) is 0 Å². The van der Waals surface area contributed by atoms with Crippen molar-refractivity contribution in [3.05, 3.63) is 34.8 Å². The summed E-state index contributed by atoms with van der Waals surface area (Å²) in [5.41, 5.74) is 2.09. The molecule has 0 aliphatic carbocycles. The predicted octanol–water partition coefficient (Wildman–Crippen LogP) is 2.23. The third kappa shape index (κ3) is 2.78. The number of anilines is 2. The van der Waals surface area contributed by atoms with E-state index < -0.39 is 0 Å². The maximum absolute atomic E-state index is 12.1. The summed E-state index contributed by atoms with van der Waals surface area (Å²) in [5, 5.41) is 6.64. The first-order chi connectivity index (χ1) is 10.1. The van der Waals surface area contributed by atoms with Crippen LogP contribution in [0.2, 0.25) is 0 Å². The van der Waals surface area contributed by atoms with Gasteiger partial charge in [0.15, 0.2) is 0 Å². The van der Waals surface area contributed by atoms with E-state index in [1.807, 2.05) is 18.2 Å². The Balaban J connectivity index is 1.79. The van der Waals surface area contributed by atoms with Gasteiger partial charge in [0, 0.05) is 24.3 Å². The number of carbonyl (C=O) groups excluding carboxylic acids is 2. The van der Waals surface area contributed by atoms with Gasteiger partial charge in [0.2, 0.25) is 5.91 Å². The van der Waals surface area contributed by atoms with Crippen molar-refractivity contribution in [3.63, 3.8) is 0 Å². The van der Waals surface area contributed by atoms with Gasteiger partial charge in [-0.25, -0.2) is 0 Å². The van der Waals surface area contributed by atoms with Gasteiger partial charge in [0.05, 0.1) is 5.69 Å². The number of carbonyl (C=O) groups is 2. The molecule has 108 valence electrons. The Labute approximate surface area is 125 Å². The molecular weight excluding hydrogens is 288 g/mol. The van der Waals surface area contributed by atoms with E-state index in [0.29, 0.717) is 22.7 Å². The molecule has 0 bridgehead atoms. The molecule has 7 heteroatoms. The van der Waals surface area contributed by atoms with Crippen molar-refractivity contribution in [2.24, 2.45) is 0 Å². The maximum Gasteiger partial charge on any atom is 0.269 e. The lowest BCUT2D eigenvalue weighted by Gasteiger charge is -2.16. The minimum atomic E-state index is -0.229. The first kappa shape index (κ1) is 13.7. The lowest BCUT2D eigenvalue weighted by Crippen LogP contribution is -2.23. The van der Waals surface area contributed by atoms with Gasteiger partial charge < -0.3 is 10.2 Å². The molecule has 0 saturated carbocycles. The molecule has 1 aromatic carbocycles. The molecule has 1 saturated heterocycles. The lowest BCUT2D eigenvalue weighted by molar-refractivity contribution is -0.117. The van der Waals surface area contributed by atoms with E-state index in [4.69, 9.17) is 0 Å². The summed E-state index contributed by atoms with van der Waals surface area (Å²) in [6.07, 6.45) is 1.46. The van der Waals surface area contributed by atoms with Crippen LogP contribution in [0, 0.1) is 6.92 Å². The summed E-state index contributed by atoms with van der Waals surface area (Å²) < 4.78 is 3.75. The summed E-state index contributed by atoms with van der Waals surface area (Å²) in [5.74, 6) is -0.103. The minimum absolute atomic E-state index is 0.126. The number of nitrogens with one attached hydrogen (secondary N) is 1. The fourth-order valence-electron chi connectivity index (χ4n) is 2.30. The average Bonchev–Trinajstić information content (AvgIpc) is 3.07. The molecule has 1 N–H and O–H groups in total. The van der Waals surface area contributed by atoms with Crippen molar-refractivity contribution < 1.29 is 9.59 Å². The molecule has 0 atom stereocenters. The number of hydrogen-bond acceptors (Lipinski definition) is 5. The number of hydrogen-bond donors (Lipinski definition) is 1. The molecule has 2 aromatic rings. The van der Waals surface area contributed by atoms with E-state index in [2.05, 4.69) is 14.9 Å². The van der Waals surface area contributed by atoms with Crippen LogP contribution in [0.5, 0.6) is 0 Å². The Hall–Kier alpha value is -2.28. The number of aryl methyl sites for hydroxylation is 1. The first-order valence-electron chi connectivity index (χ1n) is 6.66. The van der Waals surface area contributed by atoms with Crippen LogP contribution in [0.25, 0.3) is 0 Å². The van der Waals surface area contributed by atoms with Crippen LogP contribution in [0.15, 0.2) is 24.3 Å². The van der Waals surface area contributed by atoms with E-state index in [-0.39, 0.29) is 11.8 Å². The molecule has 0 radical (unpaired) electrons. The van der Waals surface area contributed by atoms with Gasteiger partial charge in [-0.3, -0.25) is 9.59 Å². The first-order valence-corrected chi connectivity index (χ1v) is 7.43. The largest absolute Gasteiger partial charge is 0.321 e. The van der Waals surface area contributed by atoms with Gasteiger partial charge in [-0.1, -0.05) is 10.6 Å². The highest BCUT2D eigenvalue weighted by atomic mass is 32.1. The molecule has 6 nitrogen and oxygen atoms in total. The van der Waals surface area contributed by atoms with Crippen molar-refractivity contribution in [3.8, 4) is 0 Å². The zero-order valence-electron chi connectivity index (χ0n) is 11.5. The van der Waals surface area contributed by atoms with Crippen LogP contribution in [-0.2, 0) is 4.79 Å². The van der Waals surface area contributed by atoms with Crippen molar-refractivity contribution in [2.45, 2.75) is 19.8 Å². The zero-order valence-corrected chi connectivity index (χ0v) is 12.3. The molecular formula is C14H14N4O2S. The molecule has 1 aliphatic rings. The number of aromatic nitrogens is 2. The highest BCUT2D eigenvalue weighted by Crippen LogP contribution is 2.24. The second-order valence-corrected chi connectivity index (χ2v) is 5.59. The van der Waals surface area contributed by atoms with Crippen LogP contribution in [0.1, 0.15) is 28.2 Å². The van der Waals surface area contributed by atoms with Crippen LogP contribution < -0.4 is 10.2 Å². The third-order valence-electron chi connectivity index (χ3n) is 3.35. The number of rotatable bonds is 3. The summed E-state index contributed by atoms with van der Waals surface area (Å²) in [6.45, 7) is 2.48. The van der Waals surface area contributed by atoms with Crippen molar-refractivity contribution in [1.82, 2.24) is 9.59 Å². The van der Waals surface area contributed by atoms with Gasteiger partial charge in [-0.2, -0.15) is 0 Å². The van der Waals surface area contributed by atoms with E-state index in [9.17, 15) is 9.59 Å². The summed E-state index contributed by atoms with van der Waals surface area (Å²) in [7, 11) is 0. The SMILES string of the molecule is Cc1nnsc1C(=O)Nc1cccc(N2CCCC2=O)c1. The number of benzene rings is 1. The molecule has 0 spiro atoms. The summed E-state index contributed by atoms with van der Waals surface area (Å²) in [6, 6.07) is 7.31. The molecule has 0 unspecified atom stereocenters. The second-order valence-electron chi connectivity index (χ2n) is 4.84. The third-order valence-corrected chi connectivity index (χ3v) is 4.17. The monoisotopic (exact) mass is 302 g/mol. The summed E-state index contributed by atoms with van der Waals surface area (Å²) in [4.78, 5) is 26.1. The fourth-order valence-corrected chi connectivity index (χ4v) is 2.85. The van der Waals surface area contributed by atoms with Gasteiger partial charge in [-0.15, -0.1) is 5.10 Å². The molecule has 21 heavy (non-hydrogen) atoms. The Kier molecular flexibility index (Phi) is 3.66. The van der Waals surface area contributed by atoms with Crippen LogP contribution in [0.3, 0.4) is 0 Å². The highest BCUT2D eigenvalue weighted by molar-refractivity contribution is 7.08. The summed E-state index contributed by atoms with van der Waals surface area (Å²) >= 11 is 1.07. The smallest absolute Gasteiger partial charge is 0.269 e. The molecule has 2 amide bonds. The molecule has 1 aromatic heterocycles.